The molecule has 0 N–H and O–H groups in total. The van der Waals surface area contributed by atoms with E-state index in [-0.39, 0.29) is 11.9 Å². The molecule has 0 saturated heterocycles. The van der Waals surface area contributed by atoms with Crippen molar-refractivity contribution in [3.8, 4) is 0 Å². The van der Waals surface area contributed by atoms with E-state index < -0.39 is 0 Å². The largest absolute Gasteiger partial charge is 0.462 e. The fourth-order valence-corrected chi connectivity index (χ4v) is 8.28. The van der Waals surface area contributed by atoms with Crippen molar-refractivity contribution in [2.24, 2.45) is 0 Å². The fraction of sp³-hybridized carbons (Fsp3) is 0.292. The van der Waals surface area contributed by atoms with Gasteiger partial charge in [-0.2, -0.15) is 0 Å². The first kappa shape index (κ1) is 33.9. The van der Waals surface area contributed by atoms with Gasteiger partial charge in [0.1, 0.15) is 0 Å². The summed E-state index contributed by atoms with van der Waals surface area (Å²) >= 11 is 0. The van der Waals surface area contributed by atoms with Crippen LogP contribution in [0.1, 0.15) is 97.8 Å². The zero-order valence-electron chi connectivity index (χ0n) is 29.9. The Bertz CT molecular complexity index is 2270. The zero-order valence-corrected chi connectivity index (χ0v) is 29.9. The topological polar surface area (TPSA) is 52.6 Å². The van der Waals surface area contributed by atoms with Crippen LogP contribution in [0.4, 0.5) is 0 Å². The molecule has 0 heterocycles. The summed E-state index contributed by atoms with van der Waals surface area (Å²) < 4.78 is 11.5. The van der Waals surface area contributed by atoms with Crippen LogP contribution in [0.3, 0.4) is 0 Å². The molecule has 0 aliphatic carbocycles. The van der Waals surface area contributed by atoms with Crippen LogP contribution in [0.2, 0.25) is 0 Å². The third-order valence-electron chi connectivity index (χ3n) is 11.0. The third-order valence-corrected chi connectivity index (χ3v) is 11.0. The normalized spacial score (nSPS) is 11.9. The Hall–Kier alpha value is -5.22. The van der Waals surface area contributed by atoms with Crippen molar-refractivity contribution >= 4 is 76.6 Å². The Morgan fingerprint density at radius 1 is 0.327 bits per heavy atom. The summed E-state index contributed by atoms with van der Waals surface area (Å²) in [5.41, 5.74) is 1.32. The summed E-state index contributed by atoms with van der Waals surface area (Å²) in [6.45, 7) is 0.944. The first-order valence-electron chi connectivity index (χ1n) is 19.3. The SMILES string of the molecule is O=C(OCCCCCCCCCCCCCCOC(=O)c1ccc2ccc3cccc4ccc1c2c34)c1ccc2ccc3cccc4ccc1c2c34. The quantitative estimate of drug-likeness (QED) is 0.0543. The van der Waals surface area contributed by atoms with Gasteiger partial charge < -0.3 is 9.47 Å². The van der Waals surface area contributed by atoms with E-state index in [4.69, 9.17) is 9.47 Å². The van der Waals surface area contributed by atoms with Crippen LogP contribution in [0, 0.1) is 0 Å². The van der Waals surface area contributed by atoms with Gasteiger partial charge in [0.15, 0.2) is 0 Å². The number of hydrogen-bond acceptors (Lipinski definition) is 4. The number of hydrogen-bond donors (Lipinski definition) is 0. The fourth-order valence-electron chi connectivity index (χ4n) is 8.28. The summed E-state index contributed by atoms with van der Waals surface area (Å²) in [5.74, 6) is -0.446. The van der Waals surface area contributed by atoms with E-state index in [9.17, 15) is 9.59 Å². The van der Waals surface area contributed by atoms with Crippen LogP contribution in [0.15, 0.2) is 109 Å². The van der Waals surface area contributed by atoms with Gasteiger partial charge in [-0.15, -0.1) is 0 Å². The highest BCUT2D eigenvalue weighted by Crippen LogP contribution is 2.37. The lowest BCUT2D eigenvalue weighted by atomic mass is 9.92. The molecule has 262 valence electrons. The molecule has 0 saturated carbocycles. The van der Waals surface area contributed by atoms with Crippen molar-refractivity contribution < 1.29 is 19.1 Å². The average molecular weight is 687 g/mol. The lowest BCUT2D eigenvalue weighted by molar-refractivity contribution is 0.0490. The van der Waals surface area contributed by atoms with Crippen LogP contribution >= 0.6 is 0 Å². The average Bonchev–Trinajstić information content (AvgIpc) is 3.18. The summed E-state index contributed by atoms with van der Waals surface area (Å²) in [6.07, 6.45) is 13.9. The highest BCUT2D eigenvalue weighted by molar-refractivity contribution is 6.27. The first-order chi connectivity index (χ1) is 25.7. The summed E-state index contributed by atoms with van der Waals surface area (Å²) in [6, 6.07) is 37.5. The molecule has 0 aromatic heterocycles. The smallest absolute Gasteiger partial charge is 0.338 e. The minimum atomic E-state index is -0.223. The van der Waals surface area contributed by atoms with E-state index in [1.807, 2.05) is 24.3 Å². The maximum Gasteiger partial charge on any atom is 0.338 e. The molecule has 4 nitrogen and oxygen atoms in total. The Balaban J connectivity index is 0.669. The number of esters is 2. The molecular weight excluding hydrogens is 641 g/mol. The second kappa shape index (κ2) is 15.6. The van der Waals surface area contributed by atoms with E-state index in [1.54, 1.807) is 0 Å². The van der Waals surface area contributed by atoms with Gasteiger partial charge in [-0.25, -0.2) is 9.59 Å². The maximum absolute atomic E-state index is 13.1. The van der Waals surface area contributed by atoms with Gasteiger partial charge in [0.25, 0.3) is 0 Å². The van der Waals surface area contributed by atoms with Crippen LogP contribution in [0.5, 0.6) is 0 Å². The van der Waals surface area contributed by atoms with Gasteiger partial charge in [-0.1, -0.05) is 161 Å². The van der Waals surface area contributed by atoms with Crippen LogP contribution in [0.25, 0.3) is 64.6 Å². The molecule has 0 atom stereocenters. The summed E-state index contributed by atoms with van der Waals surface area (Å²) in [7, 11) is 0. The minimum absolute atomic E-state index is 0.223. The van der Waals surface area contributed by atoms with Crippen molar-refractivity contribution in [2.45, 2.75) is 77.0 Å². The molecule has 4 heteroatoms. The second-order valence-electron chi connectivity index (χ2n) is 14.5. The van der Waals surface area contributed by atoms with Crippen molar-refractivity contribution in [2.75, 3.05) is 13.2 Å². The van der Waals surface area contributed by atoms with Gasteiger partial charge in [0.05, 0.1) is 24.3 Å². The van der Waals surface area contributed by atoms with Gasteiger partial charge >= 0.3 is 11.9 Å². The minimum Gasteiger partial charge on any atom is -0.462 e. The monoisotopic (exact) mass is 686 g/mol. The number of carbonyl (C=O) groups excluding carboxylic acids is 2. The number of rotatable bonds is 17. The Morgan fingerprint density at radius 3 is 0.981 bits per heavy atom. The predicted molar refractivity (Wildman–Crippen MR) is 216 cm³/mol. The molecular formula is C48H46O4. The molecule has 0 amide bonds. The van der Waals surface area contributed by atoms with Gasteiger partial charge in [0.2, 0.25) is 0 Å². The Morgan fingerprint density at radius 2 is 0.615 bits per heavy atom. The van der Waals surface area contributed by atoms with E-state index in [0.717, 1.165) is 58.0 Å². The van der Waals surface area contributed by atoms with Crippen molar-refractivity contribution in [1.29, 1.82) is 0 Å². The number of unbranched alkanes of at least 4 members (excludes halogenated alkanes) is 11. The van der Waals surface area contributed by atoms with Crippen molar-refractivity contribution in [3.05, 3.63) is 120 Å². The molecule has 0 unspecified atom stereocenters. The van der Waals surface area contributed by atoms with E-state index in [1.165, 1.54) is 83.7 Å². The van der Waals surface area contributed by atoms with Crippen LogP contribution < -0.4 is 0 Å². The number of ether oxygens (including phenoxy) is 2. The first-order valence-corrected chi connectivity index (χ1v) is 19.3. The molecule has 0 fully saturated rings. The molecule has 8 rings (SSSR count). The number of benzene rings is 8. The lowest BCUT2D eigenvalue weighted by Crippen LogP contribution is -2.07. The maximum atomic E-state index is 13.1. The Labute approximate surface area is 305 Å². The van der Waals surface area contributed by atoms with E-state index in [0.29, 0.717) is 24.3 Å². The summed E-state index contributed by atoms with van der Waals surface area (Å²) in [5, 5.41) is 13.8. The van der Waals surface area contributed by atoms with Gasteiger partial charge in [-0.05, 0) is 89.6 Å². The number of carbonyl (C=O) groups is 2. The van der Waals surface area contributed by atoms with Gasteiger partial charge in [-0.3, -0.25) is 0 Å². The zero-order chi connectivity index (χ0) is 35.3. The summed E-state index contributed by atoms with van der Waals surface area (Å²) in [4.78, 5) is 26.1. The molecule has 0 aliphatic heterocycles. The standard InChI is InChI=1S/C48H46O4/c49-47(41-29-25-37-21-19-33-15-13-17-35-23-27-39(41)45(37)43(33)35)51-31-11-9-7-5-3-1-2-4-6-8-10-12-32-52-48(50)42-30-26-38-22-20-34-16-14-18-36-24-28-40(42)46(38)44(34)36/h13-30H,1-12,31-32H2. The molecule has 0 spiro atoms. The molecule has 52 heavy (non-hydrogen) atoms. The van der Waals surface area contributed by atoms with E-state index >= 15 is 0 Å². The highest BCUT2D eigenvalue weighted by Gasteiger charge is 2.17. The predicted octanol–water partition coefficient (Wildman–Crippen LogP) is 13.2. The second-order valence-corrected chi connectivity index (χ2v) is 14.5. The highest BCUT2D eigenvalue weighted by atomic mass is 16.5. The van der Waals surface area contributed by atoms with Crippen LogP contribution in [-0.2, 0) is 9.47 Å². The molecule has 8 aromatic rings. The molecule has 8 aromatic carbocycles. The molecule has 0 bridgehead atoms. The molecule has 0 aliphatic rings. The lowest BCUT2D eigenvalue weighted by Gasteiger charge is -2.13. The van der Waals surface area contributed by atoms with Crippen molar-refractivity contribution in [3.63, 3.8) is 0 Å². The van der Waals surface area contributed by atoms with Gasteiger partial charge in [0, 0.05) is 0 Å². The molecule has 0 radical (unpaired) electrons. The van der Waals surface area contributed by atoms with E-state index in [2.05, 4.69) is 84.9 Å². The van der Waals surface area contributed by atoms with Crippen LogP contribution in [-0.4, -0.2) is 25.2 Å². The Kier molecular flexibility index (Phi) is 10.2. The van der Waals surface area contributed by atoms with Crippen molar-refractivity contribution in [1.82, 2.24) is 0 Å². The third kappa shape index (κ3) is 6.87.